The van der Waals surface area contributed by atoms with Crippen LogP contribution in [-0.4, -0.2) is 23.9 Å². The highest BCUT2D eigenvalue weighted by molar-refractivity contribution is 5.92. The molecule has 3 rings (SSSR count). The number of hydrogen-bond acceptors (Lipinski definition) is 3. The highest BCUT2D eigenvalue weighted by Gasteiger charge is 2.27. The van der Waals surface area contributed by atoms with Gasteiger partial charge in [0.1, 0.15) is 5.76 Å². The number of carbonyl (C=O) groups excluding carboxylic acids is 1. The lowest BCUT2D eigenvalue weighted by atomic mass is 9.92. The molecule has 0 aliphatic carbocycles. The zero-order valence-electron chi connectivity index (χ0n) is 13.1. The van der Waals surface area contributed by atoms with Crippen LogP contribution in [0.25, 0.3) is 11.3 Å². The highest BCUT2D eigenvalue weighted by Crippen LogP contribution is 2.29. The molecule has 1 saturated heterocycles. The van der Waals surface area contributed by atoms with Crippen molar-refractivity contribution in [1.82, 2.24) is 4.90 Å². The largest absolute Gasteiger partial charge is 0.451 e. The summed E-state index contributed by atoms with van der Waals surface area (Å²) in [4.78, 5) is 14.5. The summed E-state index contributed by atoms with van der Waals surface area (Å²) in [5.74, 6) is 2.07. The highest BCUT2D eigenvalue weighted by atomic mass is 16.4. The maximum atomic E-state index is 12.6. The predicted octanol–water partition coefficient (Wildman–Crippen LogP) is 3.65. The minimum Gasteiger partial charge on any atom is -0.451 e. The number of rotatable bonds is 2. The molecule has 1 aliphatic rings. The van der Waals surface area contributed by atoms with E-state index in [1.54, 1.807) is 6.07 Å². The molecule has 4 heteroatoms. The molecule has 2 heterocycles. The Labute approximate surface area is 130 Å². The van der Waals surface area contributed by atoms with Gasteiger partial charge >= 0.3 is 0 Å². The third-order valence-corrected chi connectivity index (χ3v) is 4.20. The first-order valence-corrected chi connectivity index (χ1v) is 7.78. The van der Waals surface area contributed by atoms with E-state index in [-0.39, 0.29) is 5.91 Å². The summed E-state index contributed by atoms with van der Waals surface area (Å²) >= 11 is 0. The van der Waals surface area contributed by atoms with Crippen LogP contribution in [0.4, 0.5) is 5.69 Å². The van der Waals surface area contributed by atoms with Crippen molar-refractivity contribution in [3.05, 3.63) is 42.2 Å². The number of nitrogens with two attached hydrogens (primary N) is 1. The Morgan fingerprint density at radius 1 is 1.14 bits per heavy atom. The Balaban J connectivity index is 1.82. The standard InChI is InChI=1S/C18H22N2O2/c1-12-9-13(2)11-20(10-12)18(21)17-8-7-16(22-17)14-5-3-4-6-15(14)19/h3-8,12-13H,9-11,19H2,1-2H3. The fourth-order valence-corrected chi connectivity index (χ4v) is 3.30. The summed E-state index contributed by atoms with van der Waals surface area (Å²) in [5.41, 5.74) is 7.43. The second-order valence-electron chi connectivity index (χ2n) is 6.41. The zero-order valence-corrected chi connectivity index (χ0v) is 13.1. The Hall–Kier alpha value is -2.23. The van der Waals surface area contributed by atoms with Crippen molar-refractivity contribution < 1.29 is 9.21 Å². The summed E-state index contributed by atoms with van der Waals surface area (Å²) in [6.07, 6.45) is 1.17. The summed E-state index contributed by atoms with van der Waals surface area (Å²) in [6, 6.07) is 11.1. The zero-order chi connectivity index (χ0) is 15.7. The third-order valence-electron chi connectivity index (χ3n) is 4.20. The number of nitrogen functional groups attached to an aromatic ring is 1. The number of benzene rings is 1. The van der Waals surface area contributed by atoms with Gasteiger partial charge < -0.3 is 15.1 Å². The predicted molar refractivity (Wildman–Crippen MR) is 87.4 cm³/mol. The molecule has 2 unspecified atom stereocenters. The monoisotopic (exact) mass is 298 g/mol. The van der Waals surface area contributed by atoms with Crippen LogP contribution in [0.5, 0.6) is 0 Å². The molecule has 1 aromatic carbocycles. The third kappa shape index (κ3) is 2.86. The van der Waals surface area contributed by atoms with Gasteiger partial charge in [-0.05, 0) is 42.5 Å². The van der Waals surface area contributed by atoms with Gasteiger partial charge in [-0.15, -0.1) is 0 Å². The lowest BCUT2D eigenvalue weighted by Crippen LogP contribution is -2.42. The number of furan rings is 1. The van der Waals surface area contributed by atoms with Crippen LogP contribution >= 0.6 is 0 Å². The van der Waals surface area contributed by atoms with Gasteiger partial charge in [-0.1, -0.05) is 26.0 Å². The number of nitrogens with zero attached hydrogens (tertiary/aromatic N) is 1. The smallest absolute Gasteiger partial charge is 0.289 e. The van der Waals surface area contributed by atoms with Gasteiger partial charge in [0.25, 0.3) is 5.91 Å². The molecule has 1 fully saturated rings. The number of carbonyl (C=O) groups is 1. The number of likely N-dealkylation sites (tertiary alicyclic amines) is 1. The van der Waals surface area contributed by atoms with E-state index in [4.69, 9.17) is 10.2 Å². The quantitative estimate of drug-likeness (QED) is 0.861. The molecule has 0 spiro atoms. The van der Waals surface area contributed by atoms with E-state index in [2.05, 4.69) is 13.8 Å². The number of anilines is 1. The van der Waals surface area contributed by atoms with Gasteiger partial charge in [0, 0.05) is 24.3 Å². The van der Waals surface area contributed by atoms with Gasteiger partial charge in [0.2, 0.25) is 0 Å². The Morgan fingerprint density at radius 2 is 1.82 bits per heavy atom. The molecular formula is C18H22N2O2. The fourth-order valence-electron chi connectivity index (χ4n) is 3.30. The van der Waals surface area contributed by atoms with Crippen LogP contribution in [0.3, 0.4) is 0 Å². The summed E-state index contributed by atoms with van der Waals surface area (Å²) in [6.45, 7) is 5.97. The Kier molecular flexibility index (Phi) is 3.92. The second kappa shape index (κ2) is 5.87. The van der Waals surface area contributed by atoms with E-state index in [1.807, 2.05) is 35.2 Å². The topological polar surface area (TPSA) is 59.5 Å². The SMILES string of the molecule is CC1CC(C)CN(C(=O)c2ccc(-c3ccccc3N)o2)C1. The first-order valence-electron chi connectivity index (χ1n) is 7.78. The van der Waals surface area contributed by atoms with Crippen molar-refractivity contribution in [2.75, 3.05) is 18.8 Å². The molecule has 1 aromatic heterocycles. The number of hydrogen-bond donors (Lipinski definition) is 1. The first kappa shape index (κ1) is 14.7. The van der Waals surface area contributed by atoms with Gasteiger partial charge in [-0.2, -0.15) is 0 Å². The molecule has 1 amide bonds. The molecule has 4 nitrogen and oxygen atoms in total. The maximum absolute atomic E-state index is 12.6. The minimum absolute atomic E-state index is 0.0286. The summed E-state index contributed by atoms with van der Waals surface area (Å²) in [7, 11) is 0. The number of para-hydroxylation sites is 1. The van der Waals surface area contributed by atoms with E-state index >= 15 is 0 Å². The van der Waals surface area contributed by atoms with Crippen molar-refractivity contribution in [3.8, 4) is 11.3 Å². The van der Waals surface area contributed by atoms with E-state index in [1.165, 1.54) is 6.42 Å². The molecule has 116 valence electrons. The van der Waals surface area contributed by atoms with Gasteiger partial charge in [0.05, 0.1) is 0 Å². The lowest BCUT2D eigenvalue weighted by Gasteiger charge is -2.34. The van der Waals surface area contributed by atoms with Crippen molar-refractivity contribution >= 4 is 11.6 Å². The van der Waals surface area contributed by atoms with Crippen molar-refractivity contribution in [2.45, 2.75) is 20.3 Å². The summed E-state index contributed by atoms with van der Waals surface area (Å²) < 4.78 is 5.76. The fraction of sp³-hybridized carbons (Fsp3) is 0.389. The molecule has 0 saturated carbocycles. The average Bonchev–Trinajstić information content (AvgIpc) is 2.95. The van der Waals surface area contributed by atoms with Gasteiger partial charge in [-0.3, -0.25) is 4.79 Å². The van der Waals surface area contributed by atoms with E-state index in [9.17, 15) is 4.79 Å². The van der Waals surface area contributed by atoms with Crippen LogP contribution in [0.2, 0.25) is 0 Å². The molecule has 2 aromatic rings. The molecule has 1 aliphatic heterocycles. The van der Waals surface area contributed by atoms with Crippen molar-refractivity contribution in [2.24, 2.45) is 11.8 Å². The molecular weight excluding hydrogens is 276 g/mol. The van der Waals surface area contributed by atoms with E-state index in [0.29, 0.717) is 29.0 Å². The maximum Gasteiger partial charge on any atom is 0.289 e. The van der Waals surface area contributed by atoms with Crippen LogP contribution in [0.15, 0.2) is 40.8 Å². The van der Waals surface area contributed by atoms with Crippen molar-refractivity contribution in [1.29, 1.82) is 0 Å². The minimum atomic E-state index is -0.0286. The Bertz CT molecular complexity index is 667. The molecule has 0 radical (unpaired) electrons. The first-order chi connectivity index (χ1) is 10.5. The van der Waals surface area contributed by atoms with Crippen LogP contribution < -0.4 is 5.73 Å². The Morgan fingerprint density at radius 3 is 2.50 bits per heavy atom. The van der Waals surface area contributed by atoms with E-state index in [0.717, 1.165) is 18.7 Å². The van der Waals surface area contributed by atoms with Gasteiger partial charge in [-0.25, -0.2) is 0 Å². The van der Waals surface area contributed by atoms with Crippen LogP contribution in [-0.2, 0) is 0 Å². The van der Waals surface area contributed by atoms with Crippen LogP contribution in [0, 0.1) is 11.8 Å². The van der Waals surface area contributed by atoms with E-state index < -0.39 is 0 Å². The van der Waals surface area contributed by atoms with Crippen LogP contribution in [0.1, 0.15) is 30.8 Å². The molecule has 2 atom stereocenters. The molecule has 2 N–H and O–H groups in total. The van der Waals surface area contributed by atoms with Gasteiger partial charge in [0.15, 0.2) is 5.76 Å². The summed E-state index contributed by atoms with van der Waals surface area (Å²) in [5, 5.41) is 0. The number of amides is 1. The lowest BCUT2D eigenvalue weighted by molar-refractivity contribution is 0.0592. The molecule has 22 heavy (non-hydrogen) atoms. The second-order valence-corrected chi connectivity index (χ2v) is 6.41. The normalized spacial score (nSPS) is 21.8. The molecule has 0 bridgehead atoms. The number of piperidine rings is 1. The average molecular weight is 298 g/mol. The van der Waals surface area contributed by atoms with Crippen molar-refractivity contribution in [3.63, 3.8) is 0 Å².